The number of hydrogen-bond acceptors (Lipinski definition) is 4. The molecule has 2 aromatic heterocycles. The van der Waals surface area contributed by atoms with Crippen LogP contribution < -0.4 is 11.0 Å². The normalized spacial score (nSPS) is 10.4. The molecule has 0 saturated carbocycles. The molecule has 0 fully saturated rings. The number of rotatable bonds is 3. The van der Waals surface area contributed by atoms with E-state index < -0.39 is 0 Å². The van der Waals surface area contributed by atoms with Crippen molar-refractivity contribution >= 4 is 17.0 Å². The molecule has 2 heterocycles. The highest BCUT2D eigenvalue weighted by Gasteiger charge is 2.05. The van der Waals surface area contributed by atoms with Crippen LogP contribution in [0.4, 0.5) is 5.82 Å². The van der Waals surface area contributed by atoms with E-state index in [2.05, 4.69) is 25.3 Å². The number of nitrogens with zero attached hydrogens (tertiary/aromatic N) is 2. The number of hydrogen-bond donors (Lipinski definition) is 3. The standard InChI is InChI=1S/C10H13N5O/c1-6(2)3-4-11-8-7-9(13-5-12-8)15-10(16)14-7/h3,5H,4H2,1-2H3,(H3,11,12,13,14,15,16). The molecule has 0 unspecified atom stereocenters. The zero-order valence-corrected chi connectivity index (χ0v) is 9.16. The Morgan fingerprint density at radius 3 is 3.00 bits per heavy atom. The van der Waals surface area contributed by atoms with Gasteiger partial charge in [0.25, 0.3) is 0 Å². The molecule has 0 aromatic carbocycles. The molecule has 0 aliphatic heterocycles. The summed E-state index contributed by atoms with van der Waals surface area (Å²) >= 11 is 0. The summed E-state index contributed by atoms with van der Waals surface area (Å²) in [6, 6.07) is 0. The van der Waals surface area contributed by atoms with Crippen molar-refractivity contribution in [2.24, 2.45) is 0 Å². The van der Waals surface area contributed by atoms with Gasteiger partial charge in [0.2, 0.25) is 0 Å². The lowest BCUT2D eigenvalue weighted by molar-refractivity contribution is 1.16. The van der Waals surface area contributed by atoms with Crippen molar-refractivity contribution in [2.45, 2.75) is 13.8 Å². The highest BCUT2D eigenvalue weighted by Crippen LogP contribution is 2.12. The van der Waals surface area contributed by atoms with Crippen molar-refractivity contribution in [1.82, 2.24) is 19.9 Å². The molecule has 2 rings (SSSR count). The summed E-state index contributed by atoms with van der Waals surface area (Å²) in [7, 11) is 0. The van der Waals surface area contributed by atoms with E-state index in [1.54, 1.807) is 0 Å². The lowest BCUT2D eigenvalue weighted by Gasteiger charge is -2.02. The van der Waals surface area contributed by atoms with Crippen LogP contribution in [0.2, 0.25) is 0 Å². The second-order valence-corrected chi connectivity index (χ2v) is 3.69. The van der Waals surface area contributed by atoms with Crippen LogP contribution in [0.1, 0.15) is 13.8 Å². The van der Waals surface area contributed by atoms with Crippen LogP contribution in [0.3, 0.4) is 0 Å². The van der Waals surface area contributed by atoms with Gasteiger partial charge in [0, 0.05) is 6.54 Å². The molecule has 0 aliphatic carbocycles. The number of imidazole rings is 1. The number of aromatic amines is 2. The second kappa shape index (κ2) is 4.18. The predicted molar refractivity (Wildman–Crippen MR) is 62.4 cm³/mol. The van der Waals surface area contributed by atoms with E-state index in [1.165, 1.54) is 11.9 Å². The summed E-state index contributed by atoms with van der Waals surface area (Å²) in [4.78, 5) is 24.4. The maximum absolute atomic E-state index is 11.1. The highest BCUT2D eigenvalue weighted by atomic mass is 16.1. The molecule has 2 aromatic rings. The van der Waals surface area contributed by atoms with Crippen LogP contribution in [0, 0.1) is 0 Å². The first-order chi connectivity index (χ1) is 7.66. The fourth-order valence-corrected chi connectivity index (χ4v) is 1.34. The third-order valence-electron chi connectivity index (χ3n) is 2.10. The molecule has 0 bridgehead atoms. The summed E-state index contributed by atoms with van der Waals surface area (Å²) in [6.07, 6.45) is 3.45. The third kappa shape index (κ3) is 2.10. The molecule has 0 spiro atoms. The molecule has 16 heavy (non-hydrogen) atoms. The van der Waals surface area contributed by atoms with Crippen LogP contribution in [0.25, 0.3) is 11.2 Å². The first-order valence-electron chi connectivity index (χ1n) is 4.97. The van der Waals surface area contributed by atoms with Gasteiger partial charge in [-0.3, -0.25) is 4.98 Å². The monoisotopic (exact) mass is 219 g/mol. The first kappa shape index (κ1) is 10.4. The van der Waals surface area contributed by atoms with Crippen molar-refractivity contribution in [1.29, 1.82) is 0 Å². The van der Waals surface area contributed by atoms with E-state index in [0.29, 0.717) is 23.5 Å². The van der Waals surface area contributed by atoms with Gasteiger partial charge in [0.15, 0.2) is 11.5 Å². The topological polar surface area (TPSA) is 86.5 Å². The number of nitrogens with one attached hydrogen (secondary N) is 3. The highest BCUT2D eigenvalue weighted by molar-refractivity contribution is 5.81. The van der Waals surface area contributed by atoms with Gasteiger partial charge in [0.1, 0.15) is 11.8 Å². The van der Waals surface area contributed by atoms with Gasteiger partial charge < -0.3 is 10.3 Å². The van der Waals surface area contributed by atoms with Crippen LogP contribution in [-0.2, 0) is 0 Å². The molecule has 0 amide bonds. The number of anilines is 1. The summed E-state index contributed by atoms with van der Waals surface area (Å²) < 4.78 is 0. The van der Waals surface area contributed by atoms with Gasteiger partial charge in [-0.2, -0.15) is 0 Å². The van der Waals surface area contributed by atoms with Gasteiger partial charge in [-0.15, -0.1) is 0 Å². The van der Waals surface area contributed by atoms with Gasteiger partial charge in [0.05, 0.1) is 0 Å². The average Bonchev–Trinajstić information content (AvgIpc) is 2.58. The van der Waals surface area contributed by atoms with Crippen molar-refractivity contribution in [3.8, 4) is 0 Å². The molecule has 84 valence electrons. The molecule has 0 atom stereocenters. The predicted octanol–water partition coefficient (Wildman–Crippen LogP) is 1.02. The summed E-state index contributed by atoms with van der Waals surface area (Å²) in [6.45, 7) is 4.71. The molecule has 0 radical (unpaired) electrons. The Labute approximate surface area is 91.8 Å². The molecule has 0 aliphatic rings. The molecule has 0 saturated heterocycles. The van der Waals surface area contributed by atoms with E-state index in [9.17, 15) is 4.79 Å². The minimum Gasteiger partial charge on any atom is -0.365 e. The van der Waals surface area contributed by atoms with Crippen molar-refractivity contribution < 1.29 is 0 Å². The summed E-state index contributed by atoms with van der Waals surface area (Å²) in [5.74, 6) is 0.626. The van der Waals surface area contributed by atoms with Crippen LogP contribution >= 0.6 is 0 Å². The van der Waals surface area contributed by atoms with Crippen LogP contribution in [0.15, 0.2) is 22.8 Å². The summed E-state index contributed by atoms with van der Waals surface area (Å²) in [5.41, 5.74) is 2.07. The van der Waals surface area contributed by atoms with E-state index in [-0.39, 0.29) is 5.69 Å². The zero-order valence-electron chi connectivity index (χ0n) is 9.16. The second-order valence-electron chi connectivity index (χ2n) is 3.69. The Balaban J connectivity index is 2.30. The number of allylic oxidation sites excluding steroid dienone is 1. The van der Waals surface area contributed by atoms with Gasteiger partial charge >= 0.3 is 5.69 Å². The Morgan fingerprint density at radius 2 is 2.25 bits per heavy atom. The quantitative estimate of drug-likeness (QED) is 0.673. The Bertz CT molecular complexity index is 576. The summed E-state index contributed by atoms with van der Waals surface area (Å²) in [5, 5.41) is 3.11. The van der Waals surface area contributed by atoms with Crippen LogP contribution in [-0.4, -0.2) is 26.5 Å². The number of fused-ring (bicyclic) bond motifs is 1. The largest absolute Gasteiger partial charge is 0.365 e. The van der Waals surface area contributed by atoms with Crippen LogP contribution in [0.5, 0.6) is 0 Å². The molecule has 6 nitrogen and oxygen atoms in total. The smallest absolute Gasteiger partial charge is 0.325 e. The lowest BCUT2D eigenvalue weighted by atomic mass is 10.3. The Morgan fingerprint density at radius 1 is 1.44 bits per heavy atom. The lowest BCUT2D eigenvalue weighted by Crippen LogP contribution is -2.03. The molecular formula is C10H13N5O. The fraction of sp³-hybridized carbons (Fsp3) is 0.300. The van der Waals surface area contributed by atoms with Crippen molar-refractivity contribution in [2.75, 3.05) is 11.9 Å². The van der Waals surface area contributed by atoms with E-state index in [1.807, 2.05) is 19.9 Å². The van der Waals surface area contributed by atoms with E-state index >= 15 is 0 Å². The third-order valence-corrected chi connectivity index (χ3v) is 2.10. The molecular weight excluding hydrogens is 206 g/mol. The van der Waals surface area contributed by atoms with E-state index in [0.717, 1.165) is 0 Å². The Hall–Kier alpha value is -2.11. The molecule has 3 N–H and O–H groups in total. The zero-order chi connectivity index (χ0) is 11.5. The fourth-order valence-electron chi connectivity index (χ4n) is 1.34. The van der Waals surface area contributed by atoms with Crippen molar-refractivity contribution in [3.05, 3.63) is 28.5 Å². The minimum atomic E-state index is -0.277. The maximum Gasteiger partial charge on any atom is 0.325 e. The van der Waals surface area contributed by atoms with E-state index in [4.69, 9.17) is 0 Å². The molecule has 6 heteroatoms. The maximum atomic E-state index is 11.1. The minimum absolute atomic E-state index is 0.277. The van der Waals surface area contributed by atoms with Gasteiger partial charge in [-0.05, 0) is 13.8 Å². The Kier molecular flexibility index (Phi) is 2.72. The number of H-pyrrole nitrogens is 2. The average molecular weight is 219 g/mol. The number of aromatic nitrogens is 4. The van der Waals surface area contributed by atoms with Gasteiger partial charge in [-0.25, -0.2) is 14.8 Å². The SMILES string of the molecule is CC(C)=CCNc1ncnc2[nH]c(=O)[nH]c12. The van der Waals surface area contributed by atoms with Crippen molar-refractivity contribution in [3.63, 3.8) is 0 Å². The van der Waals surface area contributed by atoms with Gasteiger partial charge in [-0.1, -0.05) is 11.6 Å². The first-order valence-corrected chi connectivity index (χ1v) is 4.97.